The largest absolute Gasteiger partial charge is 0.359 e. The highest BCUT2D eigenvalue weighted by Crippen LogP contribution is 2.24. The molecule has 1 aliphatic rings. The van der Waals surface area contributed by atoms with Gasteiger partial charge in [-0.05, 0) is 19.3 Å². The maximum Gasteiger partial charge on any atom is 0.222 e. The Labute approximate surface area is 121 Å². The van der Waals surface area contributed by atoms with Crippen LogP contribution in [0, 0.1) is 5.41 Å². The quantitative estimate of drug-likeness (QED) is 0.769. The molecule has 1 saturated heterocycles. The van der Waals surface area contributed by atoms with Gasteiger partial charge in [0.15, 0.2) is 0 Å². The smallest absolute Gasteiger partial charge is 0.222 e. The minimum atomic E-state index is -0.633. The molecule has 1 heterocycles. The molecule has 5 nitrogen and oxygen atoms in total. The summed E-state index contributed by atoms with van der Waals surface area (Å²) in [5.74, 6) is 0.174. The standard InChI is InChI=1S/C15H26N2O3/c1-15(2,11-13(19)16-3)12(18)7-6-10-17-9-5-4-8-14(17)20/h4-11H2,1-3H3,(H,16,19). The Morgan fingerprint density at radius 1 is 1.30 bits per heavy atom. The van der Waals surface area contributed by atoms with Gasteiger partial charge in [0.1, 0.15) is 5.78 Å². The molecule has 1 N–H and O–H groups in total. The van der Waals surface area contributed by atoms with Crippen LogP contribution in [0.3, 0.4) is 0 Å². The highest BCUT2D eigenvalue weighted by molar-refractivity contribution is 5.89. The van der Waals surface area contributed by atoms with Crippen molar-refractivity contribution in [3.05, 3.63) is 0 Å². The number of carbonyl (C=O) groups excluding carboxylic acids is 3. The highest BCUT2D eigenvalue weighted by atomic mass is 16.2. The second-order valence-corrected chi connectivity index (χ2v) is 6.10. The summed E-state index contributed by atoms with van der Waals surface area (Å²) in [5, 5.41) is 2.55. The normalized spacial score (nSPS) is 16.1. The molecule has 1 aliphatic heterocycles. The molecule has 0 atom stereocenters. The number of rotatable bonds is 7. The number of carbonyl (C=O) groups is 3. The van der Waals surface area contributed by atoms with Gasteiger partial charge in [0, 0.05) is 44.8 Å². The first-order valence-corrected chi connectivity index (χ1v) is 7.38. The Bertz CT molecular complexity index is 377. The fourth-order valence-corrected chi connectivity index (χ4v) is 2.46. The zero-order valence-electron chi connectivity index (χ0n) is 12.8. The summed E-state index contributed by atoms with van der Waals surface area (Å²) in [6.07, 6.45) is 3.99. The predicted molar refractivity (Wildman–Crippen MR) is 77.1 cm³/mol. The van der Waals surface area contributed by atoms with Crippen LogP contribution in [0.1, 0.15) is 52.4 Å². The molecule has 0 aliphatic carbocycles. The maximum absolute atomic E-state index is 12.2. The van der Waals surface area contributed by atoms with Gasteiger partial charge >= 0.3 is 0 Å². The Hall–Kier alpha value is -1.39. The third-order valence-electron chi connectivity index (χ3n) is 3.89. The molecule has 0 unspecified atom stereocenters. The molecule has 20 heavy (non-hydrogen) atoms. The molecular weight excluding hydrogens is 256 g/mol. The van der Waals surface area contributed by atoms with E-state index in [-0.39, 0.29) is 24.0 Å². The van der Waals surface area contributed by atoms with Crippen molar-refractivity contribution in [1.82, 2.24) is 10.2 Å². The molecule has 0 aromatic heterocycles. The first-order valence-electron chi connectivity index (χ1n) is 7.38. The van der Waals surface area contributed by atoms with E-state index in [1.165, 1.54) is 0 Å². The maximum atomic E-state index is 12.2. The molecule has 0 spiro atoms. The minimum Gasteiger partial charge on any atom is -0.359 e. The third-order valence-corrected chi connectivity index (χ3v) is 3.89. The van der Waals surface area contributed by atoms with E-state index in [1.54, 1.807) is 20.9 Å². The lowest BCUT2D eigenvalue weighted by Crippen LogP contribution is -2.37. The fraction of sp³-hybridized carbons (Fsp3) is 0.800. The van der Waals surface area contributed by atoms with Gasteiger partial charge in [-0.2, -0.15) is 0 Å². The lowest BCUT2D eigenvalue weighted by molar-refractivity contribution is -0.135. The molecular formula is C15H26N2O3. The first-order chi connectivity index (χ1) is 9.36. The molecule has 1 fully saturated rings. The van der Waals surface area contributed by atoms with Gasteiger partial charge in [-0.15, -0.1) is 0 Å². The monoisotopic (exact) mass is 282 g/mol. The van der Waals surface area contributed by atoms with Gasteiger partial charge in [-0.3, -0.25) is 14.4 Å². The van der Waals surface area contributed by atoms with Crippen LogP contribution >= 0.6 is 0 Å². The Balaban J connectivity index is 2.35. The SMILES string of the molecule is CNC(=O)CC(C)(C)C(=O)CCCN1CCCCC1=O. The van der Waals surface area contributed by atoms with Gasteiger partial charge in [0.05, 0.1) is 0 Å². The molecule has 0 bridgehead atoms. The van der Waals surface area contributed by atoms with Crippen LogP contribution in [0.5, 0.6) is 0 Å². The number of hydrogen-bond donors (Lipinski definition) is 1. The highest BCUT2D eigenvalue weighted by Gasteiger charge is 2.29. The molecule has 0 radical (unpaired) electrons. The van der Waals surface area contributed by atoms with Gasteiger partial charge in [-0.25, -0.2) is 0 Å². The molecule has 0 aromatic carbocycles. The lowest BCUT2D eigenvalue weighted by atomic mass is 9.82. The molecule has 0 saturated carbocycles. The number of nitrogens with zero attached hydrogens (tertiary/aromatic N) is 1. The van der Waals surface area contributed by atoms with Gasteiger partial charge < -0.3 is 10.2 Å². The van der Waals surface area contributed by atoms with Crippen molar-refractivity contribution in [3.8, 4) is 0 Å². The summed E-state index contributed by atoms with van der Waals surface area (Å²) in [5.41, 5.74) is -0.633. The van der Waals surface area contributed by atoms with Crippen molar-refractivity contribution in [3.63, 3.8) is 0 Å². The average Bonchev–Trinajstić information content (AvgIpc) is 2.40. The van der Waals surface area contributed by atoms with E-state index in [0.29, 0.717) is 25.8 Å². The Morgan fingerprint density at radius 2 is 2.00 bits per heavy atom. The van der Waals surface area contributed by atoms with Crippen molar-refractivity contribution in [2.75, 3.05) is 20.1 Å². The first kappa shape index (κ1) is 16.7. The zero-order chi connectivity index (χ0) is 15.2. The number of amides is 2. The van der Waals surface area contributed by atoms with E-state index >= 15 is 0 Å². The van der Waals surface area contributed by atoms with Crippen LogP contribution in [0.2, 0.25) is 0 Å². The second kappa shape index (κ2) is 7.41. The summed E-state index contributed by atoms with van der Waals surface area (Å²) in [7, 11) is 1.57. The minimum absolute atomic E-state index is 0.0885. The summed E-state index contributed by atoms with van der Waals surface area (Å²) >= 11 is 0. The number of nitrogens with one attached hydrogen (secondary N) is 1. The van der Waals surface area contributed by atoms with E-state index in [1.807, 2.05) is 4.90 Å². The Morgan fingerprint density at radius 3 is 2.60 bits per heavy atom. The summed E-state index contributed by atoms with van der Waals surface area (Å²) in [6.45, 7) is 5.07. The summed E-state index contributed by atoms with van der Waals surface area (Å²) in [6, 6.07) is 0. The van der Waals surface area contributed by atoms with E-state index in [4.69, 9.17) is 0 Å². The van der Waals surface area contributed by atoms with Gasteiger partial charge in [0.2, 0.25) is 11.8 Å². The van der Waals surface area contributed by atoms with Crippen molar-refractivity contribution < 1.29 is 14.4 Å². The van der Waals surface area contributed by atoms with Crippen molar-refractivity contribution in [1.29, 1.82) is 0 Å². The zero-order valence-corrected chi connectivity index (χ0v) is 12.8. The summed E-state index contributed by atoms with van der Waals surface area (Å²) < 4.78 is 0. The molecule has 114 valence electrons. The topological polar surface area (TPSA) is 66.5 Å². The number of hydrogen-bond acceptors (Lipinski definition) is 3. The van der Waals surface area contributed by atoms with Crippen LogP contribution in [0.15, 0.2) is 0 Å². The number of likely N-dealkylation sites (tertiary alicyclic amines) is 1. The van der Waals surface area contributed by atoms with Gasteiger partial charge in [-0.1, -0.05) is 13.8 Å². The lowest BCUT2D eigenvalue weighted by Gasteiger charge is -2.27. The second-order valence-electron chi connectivity index (χ2n) is 6.10. The van der Waals surface area contributed by atoms with Crippen molar-refractivity contribution in [2.45, 2.75) is 52.4 Å². The summed E-state index contributed by atoms with van der Waals surface area (Å²) in [4.78, 5) is 37.0. The predicted octanol–water partition coefficient (Wildman–Crippen LogP) is 1.51. The van der Waals surface area contributed by atoms with Crippen molar-refractivity contribution in [2.24, 2.45) is 5.41 Å². The van der Waals surface area contributed by atoms with Crippen LogP contribution < -0.4 is 5.32 Å². The number of piperidine rings is 1. The number of ketones is 1. The molecule has 1 rings (SSSR count). The van der Waals surface area contributed by atoms with Crippen LogP contribution in [-0.4, -0.2) is 42.6 Å². The van der Waals surface area contributed by atoms with E-state index in [2.05, 4.69) is 5.32 Å². The molecule has 5 heteroatoms. The van der Waals surface area contributed by atoms with Gasteiger partial charge in [0.25, 0.3) is 0 Å². The van der Waals surface area contributed by atoms with Crippen LogP contribution in [0.4, 0.5) is 0 Å². The average molecular weight is 282 g/mol. The van der Waals surface area contributed by atoms with E-state index < -0.39 is 5.41 Å². The van der Waals surface area contributed by atoms with Crippen LogP contribution in [0.25, 0.3) is 0 Å². The number of Topliss-reactive ketones (excluding diaryl/α,β-unsaturated/α-hetero) is 1. The molecule has 0 aromatic rings. The third kappa shape index (κ3) is 4.94. The van der Waals surface area contributed by atoms with Crippen LogP contribution in [-0.2, 0) is 14.4 Å². The van der Waals surface area contributed by atoms with E-state index in [0.717, 1.165) is 19.4 Å². The fourth-order valence-electron chi connectivity index (χ4n) is 2.46. The molecule has 2 amide bonds. The van der Waals surface area contributed by atoms with E-state index in [9.17, 15) is 14.4 Å². The van der Waals surface area contributed by atoms with Crippen molar-refractivity contribution >= 4 is 17.6 Å². The Kier molecular flexibility index (Phi) is 6.17.